The molecule has 152 valence electrons. The van der Waals surface area contributed by atoms with Crippen molar-refractivity contribution in [2.75, 3.05) is 7.05 Å². The number of aryl methyl sites for hydroxylation is 1. The molecule has 5 nitrogen and oxygen atoms in total. The zero-order valence-corrected chi connectivity index (χ0v) is 18.4. The summed E-state index contributed by atoms with van der Waals surface area (Å²) in [5.74, 6) is -0.415. The molecule has 28 heavy (non-hydrogen) atoms. The van der Waals surface area contributed by atoms with Crippen molar-refractivity contribution >= 4 is 27.5 Å². The summed E-state index contributed by atoms with van der Waals surface area (Å²) in [7, 11) is -2.19. The van der Waals surface area contributed by atoms with Gasteiger partial charge in [0.15, 0.2) is 0 Å². The zero-order chi connectivity index (χ0) is 21.1. The maximum absolute atomic E-state index is 12.8. The molecule has 2 rings (SSSR count). The topological polar surface area (TPSA) is 66.5 Å². The number of carbonyl (C=O) groups is 1. The largest absolute Gasteiger partial charge is 0.345 e. The fraction of sp³-hybridized carbons (Fsp3) is 0.381. The first-order valence-corrected chi connectivity index (χ1v) is 11.1. The van der Waals surface area contributed by atoms with Gasteiger partial charge in [-0.05, 0) is 56.5 Å². The Morgan fingerprint density at radius 3 is 2.25 bits per heavy atom. The Labute approximate surface area is 172 Å². The minimum atomic E-state index is -3.70. The number of hydrogen-bond donors (Lipinski definition) is 1. The molecule has 1 unspecified atom stereocenters. The first kappa shape index (κ1) is 22.4. The van der Waals surface area contributed by atoms with Crippen molar-refractivity contribution < 1.29 is 13.2 Å². The van der Waals surface area contributed by atoms with E-state index in [4.69, 9.17) is 11.6 Å². The molecule has 0 heterocycles. The van der Waals surface area contributed by atoms with Crippen molar-refractivity contribution in [2.45, 2.75) is 51.1 Å². The van der Waals surface area contributed by atoms with E-state index >= 15 is 0 Å². The molecule has 0 spiro atoms. The van der Waals surface area contributed by atoms with Crippen LogP contribution in [0.1, 0.15) is 55.2 Å². The fourth-order valence-electron chi connectivity index (χ4n) is 2.68. The van der Waals surface area contributed by atoms with Crippen LogP contribution in [0.15, 0.2) is 47.4 Å². The minimum absolute atomic E-state index is 0.0400. The average Bonchev–Trinajstić information content (AvgIpc) is 2.67. The standard InChI is InChI=1S/C21H27ClN2O3S/c1-6-16-7-9-17(10-8-16)15(4)23-21(25)19-13-18(11-12-20(19)22)28(26,27)24(5)14(2)3/h7-15H,6H2,1-5H3,(H,23,25). The van der Waals surface area contributed by atoms with Crippen LogP contribution in [0.4, 0.5) is 0 Å². The highest BCUT2D eigenvalue weighted by Crippen LogP contribution is 2.24. The Morgan fingerprint density at radius 2 is 1.71 bits per heavy atom. The number of nitrogens with zero attached hydrogens (tertiary/aromatic N) is 1. The molecule has 0 aliphatic carbocycles. The summed E-state index contributed by atoms with van der Waals surface area (Å²) in [4.78, 5) is 12.8. The SMILES string of the molecule is CCc1ccc(C(C)NC(=O)c2cc(S(=O)(=O)N(C)C(C)C)ccc2Cl)cc1. The summed E-state index contributed by atoms with van der Waals surface area (Å²) in [6.45, 7) is 7.53. The van der Waals surface area contributed by atoms with E-state index in [9.17, 15) is 13.2 Å². The van der Waals surface area contributed by atoms with E-state index in [2.05, 4.69) is 12.2 Å². The van der Waals surface area contributed by atoms with Crippen molar-refractivity contribution in [1.29, 1.82) is 0 Å². The number of hydrogen-bond acceptors (Lipinski definition) is 3. The van der Waals surface area contributed by atoms with Crippen LogP contribution in [-0.2, 0) is 16.4 Å². The molecular formula is C21H27ClN2O3S. The minimum Gasteiger partial charge on any atom is -0.345 e. The van der Waals surface area contributed by atoms with Gasteiger partial charge in [-0.15, -0.1) is 0 Å². The number of sulfonamides is 1. The van der Waals surface area contributed by atoms with E-state index in [-0.39, 0.29) is 27.6 Å². The van der Waals surface area contributed by atoms with Crippen LogP contribution in [0.3, 0.4) is 0 Å². The molecule has 2 aromatic carbocycles. The average molecular weight is 423 g/mol. The third kappa shape index (κ3) is 4.93. The highest BCUT2D eigenvalue weighted by Gasteiger charge is 2.25. The highest BCUT2D eigenvalue weighted by molar-refractivity contribution is 7.89. The predicted octanol–water partition coefficient (Wildman–Crippen LogP) is 4.42. The normalized spacial score (nSPS) is 13.0. The van der Waals surface area contributed by atoms with Crippen molar-refractivity contribution in [3.8, 4) is 0 Å². The zero-order valence-electron chi connectivity index (χ0n) is 16.9. The first-order valence-electron chi connectivity index (χ1n) is 9.25. The lowest BCUT2D eigenvalue weighted by molar-refractivity contribution is 0.0940. The maximum Gasteiger partial charge on any atom is 0.253 e. The second kappa shape index (κ2) is 9.07. The molecule has 0 fully saturated rings. The molecule has 0 aliphatic heterocycles. The fourth-order valence-corrected chi connectivity index (χ4v) is 4.28. The van der Waals surface area contributed by atoms with Crippen LogP contribution in [-0.4, -0.2) is 31.7 Å². The molecular weight excluding hydrogens is 396 g/mol. The number of rotatable bonds is 7. The van der Waals surface area contributed by atoms with Crippen LogP contribution in [0.5, 0.6) is 0 Å². The van der Waals surface area contributed by atoms with Crippen LogP contribution in [0, 0.1) is 0 Å². The van der Waals surface area contributed by atoms with Crippen molar-refractivity contribution in [3.05, 3.63) is 64.2 Å². The summed E-state index contributed by atoms with van der Waals surface area (Å²) in [5, 5.41) is 3.10. The van der Waals surface area contributed by atoms with Gasteiger partial charge in [0.25, 0.3) is 5.91 Å². The van der Waals surface area contributed by atoms with Gasteiger partial charge in [0, 0.05) is 13.1 Å². The van der Waals surface area contributed by atoms with Gasteiger partial charge >= 0.3 is 0 Å². The van der Waals surface area contributed by atoms with E-state index in [1.807, 2.05) is 31.2 Å². The van der Waals surface area contributed by atoms with Gasteiger partial charge in [0.2, 0.25) is 10.0 Å². The molecule has 7 heteroatoms. The van der Waals surface area contributed by atoms with Crippen LogP contribution >= 0.6 is 11.6 Å². The monoisotopic (exact) mass is 422 g/mol. The number of carbonyl (C=O) groups excluding carboxylic acids is 1. The quantitative estimate of drug-likeness (QED) is 0.718. The number of amides is 1. The van der Waals surface area contributed by atoms with Crippen molar-refractivity contribution in [2.24, 2.45) is 0 Å². The third-order valence-corrected chi connectivity index (χ3v) is 7.18. The summed E-state index contributed by atoms with van der Waals surface area (Å²) in [6, 6.07) is 11.8. The molecule has 0 radical (unpaired) electrons. The molecule has 0 saturated carbocycles. The molecule has 0 bridgehead atoms. The summed E-state index contributed by atoms with van der Waals surface area (Å²) >= 11 is 6.18. The summed E-state index contributed by atoms with van der Waals surface area (Å²) < 4.78 is 26.7. The number of halogens is 1. The van der Waals surface area contributed by atoms with E-state index in [1.165, 1.54) is 35.1 Å². The summed E-state index contributed by atoms with van der Waals surface area (Å²) in [5.41, 5.74) is 2.32. The van der Waals surface area contributed by atoms with E-state index in [1.54, 1.807) is 13.8 Å². The molecule has 1 amide bonds. The predicted molar refractivity (Wildman–Crippen MR) is 113 cm³/mol. The van der Waals surface area contributed by atoms with E-state index in [0.29, 0.717) is 0 Å². The van der Waals surface area contributed by atoms with E-state index < -0.39 is 15.9 Å². The highest BCUT2D eigenvalue weighted by atomic mass is 35.5. The molecule has 2 aromatic rings. The van der Waals surface area contributed by atoms with Gasteiger partial charge in [-0.2, -0.15) is 4.31 Å². The Kier molecular flexibility index (Phi) is 7.26. The Morgan fingerprint density at radius 1 is 1.11 bits per heavy atom. The smallest absolute Gasteiger partial charge is 0.253 e. The molecule has 0 aromatic heterocycles. The lowest BCUT2D eigenvalue weighted by Gasteiger charge is -2.21. The Balaban J connectivity index is 2.27. The number of benzene rings is 2. The maximum atomic E-state index is 12.8. The molecule has 1 N–H and O–H groups in total. The van der Waals surface area contributed by atoms with Crippen molar-refractivity contribution in [1.82, 2.24) is 9.62 Å². The van der Waals surface area contributed by atoms with Gasteiger partial charge < -0.3 is 5.32 Å². The number of nitrogens with one attached hydrogen (secondary N) is 1. The van der Waals surface area contributed by atoms with Crippen molar-refractivity contribution in [3.63, 3.8) is 0 Å². The van der Waals surface area contributed by atoms with Crippen LogP contribution in [0.25, 0.3) is 0 Å². The van der Waals surface area contributed by atoms with E-state index in [0.717, 1.165) is 12.0 Å². The van der Waals surface area contributed by atoms with Gasteiger partial charge in [0.05, 0.1) is 21.5 Å². The van der Waals surface area contributed by atoms with Gasteiger partial charge in [-0.3, -0.25) is 4.79 Å². The first-order chi connectivity index (χ1) is 13.1. The lowest BCUT2D eigenvalue weighted by atomic mass is 10.0. The molecule has 0 aliphatic rings. The van der Waals surface area contributed by atoms with Gasteiger partial charge in [0.1, 0.15) is 0 Å². The second-order valence-electron chi connectivity index (χ2n) is 7.05. The molecule has 0 saturated heterocycles. The van der Waals surface area contributed by atoms with Crippen LogP contribution in [0.2, 0.25) is 5.02 Å². The Bertz CT molecular complexity index is 941. The third-order valence-electron chi connectivity index (χ3n) is 4.82. The van der Waals surface area contributed by atoms with Crippen LogP contribution < -0.4 is 5.32 Å². The summed E-state index contributed by atoms with van der Waals surface area (Å²) in [6.07, 6.45) is 0.947. The Hall–Kier alpha value is -1.89. The molecule has 1 atom stereocenters. The second-order valence-corrected chi connectivity index (χ2v) is 9.45. The van der Waals surface area contributed by atoms with Gasteiger partial charge in [-0.1, -0.05) is 42.8 Å². The van der Waals surface area contributed by atoms with Gasteiger partial charge in [-0.25, -0.2) is 8.42 Å². The lowest BCUT2D eigenvalue weighted by Crippen LogP contribution is -2.33.